The number of ether oxygens (including phenoxy) is 1. The van der Waals surface area contributed by atoms with Crippen molar-refractivity contribution >= 4 is 23.4 Å². The number of rotatable bonds is 7. The van der Waals surface area contributed by atoms with Crippen molar-refractivity contribution in [3.8, 4) is 0 Å². The number of hydrogen-bond acceptors (Lipinski definition) is 6. The standard InChI is InChI=1S/C22H22N4O3/c1-26(13-9-16-6-10-23-11-7-16)20-15-17(8-12-24-20)21(27)25-19-5-3-4-18(14-19)22(28)29-2/h3-8,10-12,14-15H,9,13H2,1-2H3,(H,25,27). The number of methoxy groups -OCH3 is 1. The fraction of sp³-hybridized carbons (Fsp3) is 0.182. The minimum atomic E-state index is -0.455. The first-order valence-corrected chi connectivity index (χ1v) is 9.12. The van der Waals surface area contributed by atoms with Crippen LogP contribution in [0.5, 0.6) is 0 Å². The van der Waals surface area contributed by atoms with E-state index >= 15 is 0 Å². The molecule has 7 nitrogen and oxygen atoms in total. The highest BCUT2D eigenvalue weighted by atomic mass is 16.5. The first kappa shape index (κ1) is 20.0. The van der Waals surface area contributed by atoms with Crippen molar-refractivity contribution in [2.24, 2.45) is 0 Å². The van der Waals surface area contributed by atoms with E-state index in [1.165, 1.54) is 12.7 Å². The van der Waals surface area contributed by atoms with Gasteiger partial charge < -0.3 is 15.0 Å². The lowest BCUT2D eigenvalue weighted by Crippen LogP contribution is -2.22. The summed E-state index contributed by atoms with van der Waals surface area (Å²) in [6.07, 6.45) is 6.00. The summed E-state index contributed by atoms with van der Waals surface area (Å²) < 4.78 is 4.71. The predicted octanol–water partition coefficient (Wildman–Crippen LogP) is 3.19. The number of pyridine rings is 2. The topological polar surface area (TPSA) is 84.4 Å². The molecule has 1 aromatic carbocycles. The van der Waals surface area contributed by atoms with E-state index in [2.05, 4.69) is 15.3 Å². The van der Waals surface area contributed by atoms with Crippen LogP contribution >= 0.6 is 0 Å². The quantitative estimate of drug-likeness (QED) is 0.624. The Kier molecular flexibility index (Phi) is 6.52. The number of carbonyl (C=O) groups excluding carboxylic acids is 2. The smallest absolute Gasteiger partial charge is 0.337 e. The molecule has 0 saturated carbocycles. The minimum Gasteiger partial charge on any atom is -0.465 e. The Morgan fingerprint density at radius 2 is 1.83 bits per heavy atom. The van der Waals surface area contributed by atoms with Crippen LogP contribution in [0.2, 0.25) is 0 Å². The van der Waals surface area contributed by atoms with Gasteiger partial charge in [0.15, 0.2) is 0 Å². The maximum atomic E-state index is 12.6. The van der Waals surface area contributed by atoms with E-state index in [4.69, 9.17) is 4.74 Å². The average molecular weight is 390 g/mol. The summed E-state index contributed by atoms with van der Waals surface area (Å²) in [5, 5.41) is 2.80. The maximum Gasteiger partial charge on any atom is 0.337 e. The molecule has 2 heterocycles. The second kappa shape index (κ2) is 9.45. The maximum absolute atomic E-state index is 12.6. The van der Waals surface area contributed by atoms with Gasteiger partial charge in [-0.05, 0) is 54.4 Å². The number of likely N-dealkylation sites (N-methyl/N-ethyl adjacent to an activating group) is 1. The van der Waals surface area contributed by atoms with Crippen LogP contribution in [-0.4, -0.2) is 42.5 Å². The third-order valence-corrected chi connectivity index (χ3v) is 4.43. The molecular weight excluding hydrogens is 368 g/mol. The third-order valence-electron chi connectivity index (χ3n) is 4.43. The summed E-state index contributed by atoms with van der Waals surface area (Å²) in [6.45, 7) is 0.753. The SMILES string of the molecule is COC(=O)c1cccc(NC(=O)c2ccnc(N(C)CCc3ccncc3)c2)c1. The Labute approximate surface area is 169 Å². The Balaban J connectivity index is 1.67. The summed E-state index contributed by atoms with van der Waals surface area (Å²) in [4.78, 5) is 34.7. The van der Waals surface area contributed by atoms with Gasteiger partial charge in [-0.25, -0.2) is 9.78 Å². The van der Waals surface area contributed by atoms with Crippen LogP contribution in [0.3, 0.4) is 0 Å². The molecule has 0 spiro atoms. The summed E-state index contributed by atoms with van der Waals surface area (Å²) in [6, 6.07) is 14.0. The number of hydrogen-bond donors (Lipinski definition) is 1. The van der Waals surface area contributed by atoms with Crippen molar-refractivity contribution in [1.82, 2.24) is 9.97 Å². The lowest BCUT2D eigenvalue weighted by molar-refractivity contribution is 0.0600. The van der Waals surface area contributed by atoms with Crippen LogP contribution in [0.1, 0.15) is 26.3 Å². The number of nitrogens with zero attached hydrogens (tertiary/aromatic N) is 3. The summed E-state index contributed by atoms with van der Waals surface area (Å²) in [5.74, 6) is -0.0312. The number of anilines is 2. The molecule has 0 aliphatic carbocycles. The lowest BCUT2D eigenvalue weighted by atomic mass is 10.1. The molecule has 0 atom stereocenters. The Hall–Kier alpha value is -3.74. The Morgan fingerprint density at radius 3 is 2.59 bits per heavy atom. The van der Waals surface area contributed by atoms with E-state index in [-0.39, 0.29) is 5.91 Å². The zero-order chi connectivity index (χ0) is 20.6. The van der Waals surface area contributed by atoms with Crippen LogP contribution in [0, 0.1) is 0 Å². The van der Waals surface area contributed by atoms with Crippen LogP contribution in [-0.2, 0) is 11.2 Å². The monoisotopic (exact) mass is 390 g/mol. The summed E-state index contributed by atoms with van der Waals surface area (Å²) >= 11 is 0. The molecule has 3 rings (SSSR count). The van der Waals surface area contributed by atoms with E-state index in [1.807, 2.05) is 24.1 Å². The molecule has 0 saturated heterocycles. The van der Waals surface area contributed by atoms with Gasteiger partial charge in [-0.3, -0.25) is 9.78 Å². The molecule has 0 radical (unpaired) electrons. The largest absolute Gasteiger partial charge is 0.465 e. The van der Waals surface area contributed by atoms with E-state index in [1.54, 1.807) is 55.0 Å². The van der Waals surface area contributed by atoms with Gasteiger partial charge in [-0.2, -0.15) is 0 Å². The molecule has 3 aromatic rings. The molecule has 2 aromatic heterocycles. The van der Waals surface area contributed by atoms with Crippen molar-refractivity contribution < 1.29 is 14.3 Å². The van der Waals surface area contributed by atoms with Crippen LogP contribution in [0.4, 0.5) is 11.5 Å². The van der Waals surface area contributed by atoms with Crippen LogP contribution < -0.4 is 10.2 Å². The fourth-order valence-electron chi connectivity index (χ4n) is 2.77. The summed E-state index contributed by atoms with van der Waals surface area (Å²) in [5.41, 5.74) is 2.55. The van der Waals surface area contributed by atoms with Gasteiger partial charge in [0.2, 0.25) is 0 Å². The molecule has 0 unspecified atom stereocenters. The third kappa shape index (κ3) is 5.38. The normalized spacial score (nSPS) is 10.3. The average Bonchev–Trinajstić information content (AvgIpc) is 2.77. The molecular formula is C22H22N4O3. The minimum absolute atomic E-state index is 0.279. The van der Waals surface area contributed by atoms with E-state index in [9.17, 15) is 9.59 Å². The molecule has 1 N–H and O–H groups in total. The van der Waals surface area contributed by atoms with Gasteiger partial charge in [0.05, 0.1) is 12.7 Å². The zero-order valence-electron chi connectivity index (χ0n) is 16.3. The van der Waals surface area contributed by atoms with Gasteiger partial charge in [0.25, 0.3) is 5.91 Å². The van der Waals surface area contributed by atoms with Crippen LogP contribution in [0.25, 0.3) is 0 Å². The van der Waals surface area contributed by atoms with Crippen molar-refractivity contribution in [3.63, 3.8) is 0 Å². The first-order valence-electron chi connectivity index (χ1n) is 9.12. The van der Waals surface area contributed by atoms with Gasteiger partial charge in [-0.15, -0.1) is 0 Å². The van der Waals surface area contributed by atoms with Crippen LogP contribution in [0.15, 0.2) is 67.1 Å². The number of amides is 1. The molecule has 0 bridgehead atoms. The first-order chi connectivity index (χ1) is 14.1. The number of esters is 1. The molecule has 1 amide bonds. The second-order valence-corrected chi connectivity index (χ2v) is 6.46. The van der Waals surface area contributed by atoms with Crippen molar-refractivity contribution in [3.05, 3.63) is 83.8 Å². The van der Waals surface area contributed by atoms with E-state index in [0.717, 1.165) is 13.0 Å². The number of benzene rings is 1. The summed E-state index contributed by atoms with van der Waals surface area (Å²) in [7, 11) is 3.25. The number of nitrogens with one attached hydrogen (secondary N) is 1. The fourth-order valence-corrected chi connectivity index (χ4v) is 2.77. The van der Waals surface area contributed by atoms with Crippen molar-refractivity contribution in [2.75, 3.05) is 30.9 Å². The highest BCUT2D eigenvalue weighted by molar-refractivity contribution is 6.05. The predicted molar refractivity (Wildman–Crippen MR) is 111 cm³/mol. The lowest BCUT2D eigenvalue weighted by Gasteiger charge is -2.18. The van der Waals surface area contributed by atoms with Gasteiger partial charge in [0.1, 0.15) is 5.82 Å². The zero-order valence-corrected chi connectivity index (χ0v) is 16.3. The molecule has 7 heteroatoms. The molecule has 0 fully saturated rings. The van der Waals surface area contributed by atoms with Gasteiger partial charge in [-0.1, -0.05) is 6.07 Å². The highest BCUT2D eigenvalue weighted by Crippen LogP contribution is 2.16. The van der Waals surface area contributed by atoms with Gasteiger partial charge in [0, 0.05) is 43.4 Å². The molecule has 0 aliphatic heterocycles. The molecule has 0 aliphatic rings. The van der Waals surface area contributed by atoms with Crippen molar-refractivity contribution in [1.29, 1.82) is 0 Å². The Bertz CT molecular complexity index is 992. The molecule has 148 valence electrons. The number of carbonyl (C=O) groups is 2. The van der Waals surface area contributed by atoms with Gasteiger partial charge >= 0.3 is 5.97 Å². The van der Waals surface area contributed by atoms with Crippen molar-refractivity contribution in [2.45, 2.75) is 6.42 Å². The van der Waals surface area contributed by atoms with E-state index < -0.39 is 5.97 Å². The Morgan fingerprint density at radius 1 is 1.03 bits per heavy atom. The number of aromatic nitrogens is 2. The highest BCUT2D eigenvalue weighted by Gasteiger charge is 2.12. The van der Waals surface area contributed by atoms with E-state index in [0.29, 0.717) is 22.6 Å². The second-order valence-electron chi connectivity index (χ2n) is 6.46. The molecule has 29 heavy (non-hydrogen) atoms.